The predicted molar refractivity (Wildman–Crippen MR) is 136 cm³/mol. The lowest BCUT2D eigenvalue weighted by Crippen LogP contribution is -2.55. The number of nitrogens with zero attached hydrogens (tertiary/aromatic N) is 5. The third-order valence-electron chi connectivity index (χ3n) is 7.19. The summed E-state index contributed by atoms with van der Waals surface area (Å²) in [5.41, 5.74) is 0.391. The number of nitrogens with one attached hydrogen (secondary N) is 2. The van der Waals surface area contributed by atoms with Crippen LogP contribution in [0.4, 0.5) is 29.5 Å². The molecule has 4 heterocycles. The van der Waals surface area contributed by atoms with E-state index in [2.05, 4.69) is 20.3 Å². The normalized spacial score (nSPS) is 17.1. The van der Waals surface area contributed by atoms with Gasteiger partial charge in [0.05, 0.1) is 33.9 Å². The fourth-order valence-corrected chi connectivity index (χ4v) is 5.03. The van der Waals surface area contributed by atoms with E-state index in [1.807, 2.05) is 11.0 Å². The van der Waals surface area contributed by atoms with Crippen molar-refractivity contribution in [1.29, 1.82) is 5.26 Å². The fraction of sp³-hybridized carbons (Fsp3) is 0.222. The number of imide groups is 1. The molecule has 12 heteroatoms. The van der Waals surface area contributed by atoms with Crippen LogP contribution >= 0.6 is 0 Å². The minimum absolute atomic E-state index is 0.212. The van der Waals surface area contributed by atoms with E-state index in [9.17, 15) is 22.8 Å². The van der Waals surface area contributed by atoms with Crippen LogP contribution in [0.2, 0.25) is 0 Å². The van der Waals surface area contributed by atoms with Crippen LogP contribution in [0.15, 0.2) is 60.8 Å². The second-order valence-electron chi connectivity index (χ2n) is 9.52. The molecule has 2 aromatic carbocycles. The highest BCUT2D eigenvalue weighted by Gasteiger charge is 2.53. The second kappa shape index (κ2) is 8.83. The first kappa shape index (κ1) is 24.4. The zero-order chi connectivity index (χ0) is 27.4. The summed E-state index contributed by atoms with van der Waals surface area (Å²) >= 11 is 0. The number of aromatic amines is 1. The molecule has 2 aliphatic heterocycles. The van der Waals surface area contributed by atoms with Gasteiger partial charge in [-0.05, 0) is 67.4 Å². The first-order chi connectivity index (χ1) is 18.7. The molecule has 2 aliphatic rings. The zero-order valence-corrected chi connectivity index (χ0v) is 20.3. The Labute approximate surface area is 219 Å². The van der Waals surface area contributed by atoms with Crippen molar-refractivity contribution in [3.05, 3.63) is 71.9 Å². The summed E-state index contributed by atoms with van der Waals surface area (Å²) in [5.74, 6) is 0.756. The molecule has 0 aliphatic carbocycles. The minimum atomic E-state index is -4.45. The summed E-state index contributed by atoms with van der Waals surface area (Å²) in [6.45, 7) is 0.953. The van der Waals surface area contributed by atoms with Crippen LogP contribution in [0.25, 0.3) is 22.4 Å². The maximum absolute atomic E-state index is 13.3. The van der Waals surface area contributed by atoms with Crippen molar-refractivity contribution < 1.29 is 22.8 Å². The van der Waals surface area contributed by atoms with Crippen LogP contribution in [-0.2, 0) is 11.0 Å². The van der Waals surface area contributed by atoms with Crippen molar-refractivity contribution in [3.63, 3.8) is 0 Å². The Morgan fingerprint density at radius 2 is 1.74 bits per heavy atom. The number of piperidine rings is 1. The lowest BCUT2D eigenvalue weighted by molar-refractivity contribution is -0.137. The summed E-state index contributed by atoms with van der Waals surface area (Å²) in [7, 11) is 0. The number of aromatic nitrogens is 3. The summed E-state index contributed by atoms with van der Waals surface area (Å²) in [4.78, 5) is 41.0. The number of nitriles is 1. The van der Waals surface area contributed by atoms with Gasteiger partial charge in [-0.1, -0.05) is 0 Å². The van der Waals surface area contributed by atoms with Gasteiger partial charge in [-0.15, -0.1) is 0 Å². The Hall–Kier alpha value is -4.92. The fourth-order valence-electron chi connectivity index (χ4n) is 5.03. The van der Waals surface area contributed by atoms with E-state index in [0.29, 0.717) is 59.9 Å². The van der Waals surface area contributed by atoms with Gasteiger partial charge < -0.3 is 15.2 Å². The number of urea groups is 1. The van der Waals surface area contributed by atoms with Crippen molar-refractivity contribution in [2.45, 2.75) is 24.6 Å². The van der Waals surface area contributed by atoms with E-state index in [1.165, 1.54) is 6.07 Å². The number of halogens is 3. The van der Waals surface area contributed by atoms with Gasteiger partial charge in [-0.25, -0.2) is 19.7 Å². The number of pyridine rings is 1. The molecule has 0 saturated carbocycles. The molecule has 0 radical (unpaired) electrons. The quantitative estimate of drug-likeness (QED) is 0.373. The van der Waals surface area contributed by atoms with E-state index < -0.39 is 23.3 Å². The number of carbonyl (C=O) groups excluding carboxylic acids is 2. The van der Waals surface area contributed by atoms with Gasteiger partial charge in [0.1, 0.15) is 17.2 Å². The van der Waals surface area contributed by atoms with Crippen LogP contribution in [0.5, 0.6) is 0 Å². The molecule has 0 atom stereocenters. The Balaban J connectivity index is 1.15. The van der Waals surface area contributed by atoms with Crippen molar-refractivity contribution in [2.75, 3.05) is 22.9 Å². The molecule has 0 bridgehead atoms. The van der Waals surface area contributed by atoms with Gasteiger partial charge in [0.25, 0.3) is 5.91 Å². The zero-order valence-electron chi connectivity index (χ0n) is 20.3. The van der Waals surface area contributed by atoms with Crippen molar-refractivity contribution in [1.82, 2.24) is 20.3 Å². The third kappa shape index (κ3) is 4.21. The molecule has 2 aromatic heterocycles. The number of fused-ring (bicyclic) bond motifs is 1. The molecule has 2 fully saturated rings. The maximum Gasteiger partial charge on any atom is 0.416 e. The van der Waals surface area contributed by atoms with E-state index in [1.54, 1.807) is 42.6 Å². The molecule has 1 spiro atoms. The number of carbonyl (C=O) groups is 2. The van der Waals surface area contributed by atoms with E-state index in [4.69, 9.17) is 5.26 Å². The first-order valence-electron chi connectivity index (χ1n) is 12.1. The number of anilines is 2. The number of imidazole rings is 1. The molecular formula is C27H20F3N7O2. The Kier molecular flexibility index (Phi) is 5.53. The number of benzene rings is 2. The monoisotopic (exact) mass is 531 g/mol. The van der Waals surface area contributed by atoms with Crippen LogP contribution in [0.3, 0.4) is 0 Å². The topological polar surface area (TPSA) is 118 Å². The largest absolute Gasteiger partial charge is 0.416 e. The molecule has 2 N–H and O–H groups in total. The molecule has 3 amide bonds. The summed E-state index contributed by atoms with van der Waals surface area (Å²) in [6, 6.07) is 14.7. The van der Waals surface area contributed by atoms with Gasteiger partial charge in [0.15, 0.2) is 0 Å². The lowest BCUT2D eigenvalue weighted by Gasteiger charge is -2.37. The van der Waals surface area contributed by atoms with Crippen molar-refractivity contribution in [3.8, 4) is 17.5 Å². The van der Waals surface area contributed by atoms with E-state index >= 15 is 0 Å². The van der Waals surface area contributed by atoms with Gasteiger partial charge in [-0.2, -0.15) is 18.4 Å². The molecule has 196 valence electrons. The molecule has 39 heavy (non-hydrogen) atoms. The molecule has 9 nitrogen and oxygen atoms in total. The molecule has 2 saturated heterocycles. The highest BCUT2D eigenvalue weighted by atomic mass is 19.4. The molecular weight excluding hydrogens is 511 g/mol. The van der Waals surface area contributed by atoms with E-state index in [-0.39, 0.29) is 11.4 Å². The molecule has 4 aromatic rings. The minimum Gasteiger partial charge on any atom is -0.356 e. The smallest absolute Gasteiger partial charge is 0.356 e. The summed E-state index contributed by atoms with van der Waals surface area (Å²) in [5, 5.41) is 11.9. The van der Waals surface area contributed by atoms with Crippen LogP contribution < -0.4 is 15.1 Å². The Morgan fingerprint density at radius 3 is 2.38 bits per heavy atom. The highest BCUT2D eigenvalue weighted by Crippen LogP contribution is 2.35. The van der Waals surface area contributed by atoms with Crippen LogP contribution in [0.1, 0.15) is 24.0 Å². The number of hydrogen-bond donors (Lipinski definition) is 2. The first-order valence-corrected chi connectivity index (χ1v) is 12.1. The summed E-state index contributed by atoms with van der Waals surface area (Å²) < 4.78 is 39.1. The second-order valence-corrected chi connectivity index (χ2v) is 9.52. The van der Waals surface area contributed by atoms with Crippen LogP contribution in [0, 0.1) is 11.3 Å². The average Bonchev–Trinajstić information content (AvgIpc) is 3.47. The number of amides is 3. The number of hydrogen-bond acceptors (Lipinski definition) is 6. The highest BCUT2D eigenvalue weighted by molar-refractivity contribution is 6.23. The number of alkyl halides is 3. The van der Waals surface area contributed by atoms with Crippen molar-refractivity contribution >= 4 is 34.5 Å². The Morgan fingerprint density at radius 1 is 1.00 bits per heavy atom. The SMILES string of the molecule is N#Cc1ccc(N2C(=O)NC3(CCN(c4ccc(-c5nc6cc(C(F)(F)F)ccc6[nH]5)cn4)CC3)C2=O)cc1. The number of rotatable bonds is 3. The average molecular weight is 531 g/mol. The third-order valence-corrected chi connectivity index (χ3v) is 7.19. The van der Waals surface area contributed by atoms with Crippen molar-refractivity contribution in [2.24, 2.45) is 0 Å². The standard InChI is InChI=1S/C27H20F3N7O2/c28-27(29,30)18-4-7-20-21(13-18)34-23(33-20)17-3-8-22(32-15-17)36-11-9-26(10-12-36)24(38)37(25(39)35-26)19-5-1-16(14-31)2-6-19/h1-8,13,15H,9-12H2,(H,33,34)(H,35,39). The number of H-pyrrole nitrogens is 1. The van der Waals surface area contributed by atoms with Gasteiger partial charge in [-0.3, -0.25) is 4.79 Å². The van der Waals surface area contributed by atoms with Gasteiger partial charge in [0.2, 0.25) is 0 Å². The predicted octanol–water partition coefficient (Wildman–Crippen LogP) is 4.61. The van der Waals surface area contributed by atoms with Gasteiger partial charge in [0, 0.05) is 24.8 Å². The summed E-state index contributed by atoms with van der Waals surface area (Å²) in [6.07, 6.45) is -2.08. The van der Waals surface area contributed by atoms with Gasteiger partial charge >= 0.3 is 12.2 Å². The molecule has 0 unspecified atom stereocenters. The van der Waals surface area contributed by atoms with E-state index in [0.717, 1.165) is 17.0 Å². The molecule has 6 rings (SSSR count). The maximum atomic E-state index is 13.3. The Bertz CT molecular complexity index is 1630. The lowest BCUT2D eigenvalue weighted by atomic mass is 9.87. The van der Waals surface area contributed by atoms with Crippen LogP contribution in [-0.4, -0.2) is 45.5 Å².